The van der Waals surface area contributed by atoms with Gasteiger partial charge in [0, 0.05) is 12.1 Å². The van der Waals surface area contributed by atoms with E-state index in [0.717, 1.165) is 25.7 Å². The molecule has 0 atom stereocenters. The fraction of sp³-hybridized carbons (Fsp3) is 0.538. The Kier molecular flexibility index (Phi) is 4.59. The van der Waals surface area contributed by atoms with Crippen LogP contribution in [-0.4, -0.2) is 27.6 Å². The Morgan fingerprint density at radius 2 is 2.05 bits per heavy atom. The van der Waals surface area contributed by atoms with Gasteiger partial charge in [-0.3, -0.25) is 0 Å². The molecule has 112 valence electrons. The van der Waals surface area contributed by atoms with Crippen LogP contribution in [0.25, 0.3) is 0 Å². The van der Waals surface area contributed by atoms with Crippen LogP contribution in [0.3, 0.4) is 0 Å². The minimum absolute atomic E-state index is 0.128. The highest BCUT2D eigenvalue weighted by Crippen LogP contribution is 2.32. The quantitative estimate of drug-likeness (QED) is 0.868. The van der Waals surface area contributed by atoms with E-state index in [1.54, 1.807) is 6.07 Å². The topological polar surface area (TPSA) is 81.4 Å². The molecule has 0 spiro atoms. The zero-order valence-electron chi connectivity index (χ0n) is 11.4. The normalized spacial score (nSPS) is 18.1. The third-order valence-electron chi connectivity index (χ3n) is 3.74. The maximum atomic E-state index is 12.4. The van der Waals surface area contributed by atoms with Crippen LogP contribution in [0.4, 0.5) is 0 Å². The third kappa shape index (κ3) is 3.09. The number of sulfonamides is 1. The van der Waals surface area contributed by atoms with Crippen molar-refractivity contribution in [3.63, 3.8) is 0 Å². The van der Waals surface area contributed by atoms with Gasteiger partial charge in [-0.1, -0.05) is 24.4 Å². The zero-order valence-corrected chi connectivity index (χ0v) is 12.9. The fourth-order valence-electron chi connectivity index (χ4n) is 2.56. The van der Waals surface area contributed by atoms with Gasteiger partial charge < -0.3 is 10.5 Å². The van der Waals surface area contributed by atoms with Gasteiger partial charge in [0.2, 0.25) is 10.0 Å². The van der Waals surface area contributed by atoms with E-state index in [0.29, 0.717) is 12.3 Å². The van der Waals surface area contributed by atoms with Crippen molar-refractivity contribution in [2.24, 2.45) is 5.73 Å². The average Bonchev–Trinajstić information content (AvgIpc) is 2.87. The lowest BCUT2D eigenvalue weighted by Gasteiger charge is -2.28. The molecule has 1 aromatic rings. The van der Waals surface area contributed by atoms with Gasteiger partial charge in [-0.05, 0) is 31.0 Å². The molecule has 20 heavy (non-hydrogen) atoms. The van der Waals surface area contributed by atoms with E-state index in [1.807, 2.05) is 0 Å². The van der Waals surface area contributed by atoms with Crippen LogP contribution in [0.5, 0.6) is 5.75 Å². The molecule has 5 nitrogen and oxygen atoms in total. The largest absolute Gasteiger partial charge is 0.495 e. The standard InChI is InChI=1S/C13H19ClN2O3S/c1-19-12-5-4-10(8-11(12)14)20(17,18)16-13(9-15)6-2-3-7-13/h4-5,8,16H,2-3,6-7,9,15H2,1H3. The first-order valence-electron chi connectivity index (χ1n) is 6.50. The Labute approximate surface area is 124 Å². The van der Waals surface area contributed by atoms with Crippen molar-refractivity contribution in [2.75, 3.05) is 13.7 Å². The molecule has 0 amide bonds. The highest BCUT2D eigenvalue weighted by molar-refractivity contribution is 7.89. The Hall–Kier alpha value is -0.820. The third-order valence-corrected chi connectivity index (χ3v) is 5.61. The Morgan fingerprint density at radius 1 is 1.40 bits per heavy atom. The number of ether oxygens (including phenoxy) is 1. The number of benzene rings is 1. The number of methoxy groups -OCH3 is 1. The summed E-state index contributed by atoms with van der Waals surface area (Å²) in [6.07, 6.45) is 3.52. The summed E-state index contributed by atoms with van der Waals surface area (Å²) in [6.45, 7) is 0.302. The summed E-state index contributed by atoms with van der Waals surface area (Å²) in [7, 11) is -2.15. The van der Waals surface area contributed by atoms with E-state index in [-0.39, 0.29) is 9.92 Å². The fourth-order valence-corrected chi connectivity index (χ4v) is 4.38. The molecule has 0 saturated heterocycles. The van der Waals surface area contributed by atoms with Gasteiger partial charge >= 0.3 is 0 Å². The highest BCUT2D eigenvalue weighted by atomic mass is 35.5. The van der Waals surface area contributed by atoms with Gasteiger partial charge in [0.15, 0.2) is 0 Å². The van der Waals surface area contributed by atoms with Crippen LogP contribution in [0.1, 0.15) is 25.7 Å². The van der Waals surface area contributed by atoms with Crippen molar-refractivity contribution in [2.45, 2.75) is 36.1 Å². The first-order valence-corrected chi connectivity index (χ1v) is 8.36. The van der Waals surface area contributed by atoms with Gasteiger partial charge in [0.1, 0.15) is 5.75 Å². The lowest BCUT2D eigenvalue weighted by atomic mass is 10.0. The number of nitrogens with two attached hydrogens (primary N) is 1. The van der Waals surface area contributed by atoms with Crippen LogP contribution >= 0.6 is 11.6 Å². The molecular weight excluding hydrogens is 300 g/mol. The van der Waals surface area contributed by atoms with Gasteiger partial charge in [-0.15, -0.1) is 0 Å². The molecule has 0 aliphatic heterocycles. The summed E-state index contributed by atoms with van der Waals surface area (Å²) in [5.41, 5.74) is 5.23. The lowest BCUT2D eigenvalue weighted by molar-refractivity contribution is 0.399. The molecule has 1 saturated carbocycles. The molecule has 2 rings (SSSR count). The van der Waals surface area contributed by atoms with Crippen molar-refractivity contribution < 1.29 is 13.2 Å². The Morgan fingerprint density at radius 3 is 2.55 bits per heavy atom. The maximum Gasteiger partial charge on any atom is 0.241 e. The molecule has 0 heterocycles. The van der Waals surface area contributed by atoms with Crippen LogP contribution < -0.4 is 15.2 Å². The predicted molar refractivity (Wildman–Crippen MR) is 78.6 cm³/mol. The number of halogens is 1. The minimum atomic E-state index is -3.63. The van der Waals surface area contributed by atoms with E-state index >= 15 is 0 Å². The van der Waals surface area contributed by atoms with Crippen molar-refractivity contribution in [1.82, 2.24) is 4.72 Å². The van der Waals surface area contributed by atoms with Gasteiger partial charge in [-0.25, -0.2) is 13.1 Å². The Bertz CT molecular complexity index is 583. The monoisotopic (exact) mass is 318 g/mol. The summed E-state index contributed by atoms with van der Waals surface area (Å²) < 4.78 is 32.6. The molecule has 1 aliphatic carbocycles. The first-order chi connectivity index (χ1) is 9.42. The molecular formula is C13H19ClN2O3S. The summed E-state index contributed by atoms with van der Waals surface area (Å²) >= 11 is 5.98. The summed E-state index contributed by atoms with van der Waals surface area (Å²) in [5, 5.41) is 0.267. The SMILES string of the molecule is COc1ccc(S(=O)(=O)NC2(CN)CCCC2)cc1Cl. The van der Waals surface area contributed by atoms with E-state index in [1.165, 1.54) is 19.2 Å². The Balaban J connectivity index is 2.28. The molecule has 7 heteroatoms. The first kappa shape index (κ1) is 15.6. The number of hydrogen-bond donors (Lipinski definition) is 2. The maximum absolute atomic E-state index is 12.4. The molecule has 0 bridgehead atoms. The van der Waals surface area contributed by atoms with Gasteiger partial charge in [-0.2, -0.15) is 0 Å². The van der Waals surface area contributed by atoms with E-state index in [4.69, 9.17) is 22.1 Å². The molecule has 3 N–H and O–H groups in total. The van der Waals surface area contributed by atoms with E-state index in [2.05, 4.69) is 4.72 Å². The smallest absolute Gasteiger partial charge is 0.241 e. The summed E-state index contributed by atoms with van der Waals surface area (Å²) in [4.78, 5) is 0.128. The van der Waals surface area contributed by atoms with Crippen LogP contribution in [0.2, 0.25) is 5.02 Å². The second kappa shape index (κ2) is 5.89. The number of hydrogen-bond acceptors (Lipinski definition) is 4. The summed E-state index contributed by atoms with van der Waals surface area (Å²) in [5.74, 6) is 0.444. The average molecular weight is 319 g/mol. The van der Waals surface area contributed by atoms with Crippen LogP contribution in [0.15, 0.2) is 23.1 Å². The summed E-state index contributed by atoms with van der Waals surface area (Å²) in [6, 6.07) is 4.41. The van der Waals surface area contributed by atoms with E-state index in [9.17, 15) is 8.42 Å². The minimum Gasteiger partial charge on any atom is -0.495 e. The zero-order chi connectivity index (χ0) is 14.8. The molecule has 1 fully saturated rings. The second-order valence-electron chi connectivity index (χ2n) is 5.09. The lowest BCUT2D eigenvalue weighted by Crippen LogP contribution is -2.51. The molecule has 1 aliphatic rings. The van der Waals surface area contributed by atoms with Crippen molar-refractivity contribution >= 4 is 21.6 Å². The van der Waals surface area contributed by atoms with E-state index < -0.39 is 15.6 Å². The van der Waals surface area contributed by atoms with Crippen molar-refractivity contribution in [1.29, 1.82) is 0 Å². The van der Waals surface area contributed by atoms with Crippen LogP contribution in [-0.2, 0) is 10.0 Å². The number of rotatable bonds is 5. The van der Waals surface area contributed by atoms with Crippen molar-refractivity contribution in [3.8, 4) is 5.75 Å². The van der Waals surface area contributed by atoms with Gasteiger partial charge in [0.25, 0.3) is 0 Å². The molecule has 0 radical (unpaired) electrons. The molecule has 0 aromatic heterocycles. The predicted octanol–water partition coefficient (Wildman–Crippen LogP) is 1.90. The number of nitrogens with one attached hydrogen (secondary N) is 1. The van der Waals surface area contributed by atoms with Crippen LogP contribution in [0, 0.1) is 0 Å². The highest BCUT2D eigenvalue weighted by Gasteiger charge is 2.36. The van der Waals surface area contributed by atoms with Crippen molar-refractivity contribution in [3.05, 3.63) is 23.2 Å². The second-order valence-corrected chi connectivity index (χ2v) is 7.18. The van der Waals surface area contributed by atoms with Gasteiger partial charge in [0.05, 0.1) is 17.0 Å². The molecule has 0 unspecified atom stereocenters. The molecule has 1 aromatic carbocycles.